The minimum absolute atomic E-state index is 0.0148. The Balaban J connectivity index is 1.65. The number of benzene rings is 2. The molecule has 104 valence electrons. The van der Waals surface area contributed by atoms with E-state index in [1.807, 2.05) is 23.5 Å². The van der Waals surface area contributed by atoms with Gasteiger partial charge in [-0.3, -0.25) is 0 Å². The van der Waals surface area contributed by atoms with E-state index in [-0.39, 0.29) is 20.6 Å². The van der Waals surface area contributed by atoms with Gasteiger partial charge >= 0.3 is 133 Å². The predicted molar refractivity (Wildman–Crippen MR) is 90.2 cm³/mol. The first-order valence-corrected chi connectivity index (χ1v) is 9.12. The van der Waals surface area contributed by atoms with Crippen LogP contribution in [0.25, 0.3) is 10.1 Å². The Kier molecular flexibility index (Phi) is 3.26. The van der Waals surface area contributed by atoms with Crippen LogP contribution < -0.4 is 5.32 Å². The summed E-state index contributed by atoms with van der Waals surface area (Å²) in [6.45, 7) is 2.20. The van der Waals surface area contributed by atoms with Crippen LogP contribution in [-0.4, -0.2) is 14.6 Å². The molecule has 1 N–H and O–H groups in total. The molecule has 0 amide bonds. The van der Waals surface area contributed by atoms with Crippen LogP contribution in [0.2, 0.25) is 0 Å². The maximum atomic E-state index is 4.53. The Morgan fingerprint density at radius 3 is 2.90 bits per heavy atom. The summed E-state index contributed by atoms with van der Waals surface area (Å²) in [5.41, 5.74) is 3.12. The van der Waals surface area contributed by atoms with Gasteiger partial charge in [-0.15, -0.1) is 0 Å². The van der Waals surface area contributed by atoms with Gasteiger partial charge in [-0.1, -0.05) is 0 Å². The average Bonchev–Trinajstić information content (AvgIpc) is 3.14. The van der Waals surface area contributed by atoms with Crippen molar-refractivity contribution < 1.29 is 0 Å². The van der Waals surface area contributed by atoms with Crippen molar-refractivity contribution in [2.45, 2.75) is 13.0 Å². The van der Waals surface area contributed by atoms with Gasteiger partial charge in [-0.2, -0.15) is 0 Å². The minimum atomic E-state index is 0.0148. The van der Waals surface area contributed by atoms with E-state index in [0.29, 0.717) is 0 Å². The van der Waals surface area contributed by atoms with E-state index in [2.05, 4.69) is 56.6 Å². The van der Waals surface area contributed by atoms with E-state index in [4.69, 9.17) is 0 Å². The summed E-state index contributed by atoms with van der Waals surface area (Å²) in [6.07, 6.45) is 0. The number of nitrogens with zero attached hydrogens (tertiary/aromatic N) is 2. The summed E-state index contributed by atoms with van der Waals surface area (Å²) < 4.78 is 10.3. The summed E-state index contributed by atoms with van der Waals surface area (Å²) in [4.78, 5) is 1.34. The Hall–Kier alpha value is -1.68. The van der Waals surface area contributed by atoms with Gasteiger partial charge < -0.3 is 0 Å². The summed E-state index contributed by atoms with van der Waals surface area (Å²) in [7, 11) is 0. The molecule has 0 saturated heterocycles. The van der Waals surface area contributed by atoms with Crippen molar-refractivity contribution in [3.05, 3.63) is 53.4 Å². The average molecular weight is 358 g/mol. The van der Waals surface area contributed by atoms with Gasteiger partial charge in [0.05, 0.1) is 0 Å². The Morgan fingerprint density at radius 1 is 1.10 bits per heavy atom. The molecule has 1 aliphatic heterocycles. The van der Waals surface area contributed by atoms with E-state index in [0.717, 1.165) is 17.1 Å². The van der Waals surface area contributed by atoms with Crippen molar-refractivity contribution in [3.8, 4) is 0 Å². The molecule has 1 aromatic heterocycles. The van der Waals surface area contributed by atoms with Crippen LogP contribution in [0, 0.1) is 0 Å². The molecule has 1 atom stereocenters. The molecule has 5 heteroatoms. The summed E-state index contributed by atoms with van der Waals surface area (Å²) in [5, 5.41) is 4.90. The number of fused-ring (bicyclic) bond motifs is 2. The molecule has 4 rings (SSSR count). The first-order valence-electron chi connectivity index (χ1n) is 6.77. The molecule has 0 spiro atoms. The number of rotatable bonds is 3. The molecular weight excluding hydrogens is 345 g/mol. The number of thiophene rings is 1. The van der Waals surface area contributed by atoms with Crippen molar-refractivity contribution >= 4 is 53.1 Å². The number of anilines is 1. The fourth-order valence-corrected chi connectivity index (χ4v) is 4.66. The topological polar surface area (TPSA) is 36.8 Å². The molecule has 2 aromatic carbocycles. The number of hydrogen-bond donors (Lipinski definition) is 1. The molecule has 21 heavy (non-hydrogen) atoms. The fraction of sp³-hybridized carbons (Fsp3) is 0.125. The van der Waals surface area contributed by atoms with Gasteiger partial charge in [0.1, 0.15) is 0 Å². The zero-order valence-corrected chi connectivity index (χ0v) is 13.9. The molecule has 0 radical (unpaired) electrons. The Morgan fingerprint density at radius 2 is 2.00 bits per heavy atom. The van der Waals surface area contributed by atoms with Crippen molar-refractivity contribution in [1.29, 1.82) is 0 Å². The standard InChI is InChI=1S/C16H13N3SSe/c1-10(15-9-11-5-2-3-8-14(11)20-15)17-12-6-4-7-13-16(12)19-21-18-13/h2-10,17H,1H3. The Labute approximate surface area is 132 Å². The second kappa shape index (κ2) is 5.26. The third-order valence-electron chi connectivity index (χ3n) is 3.53. The molecule has 0 fully saturated rings. The van der Waals surface area contributed by atoms with Gasteiger partial charge in [0.25, 0.3) is 0 Å². The molecule has 1 unspecified atom stereocenters. The Bertz CT molecular complexity index is 860. The zero-order valence-electron chi connectivity index (χ0n) is 11.4. The zero-order chi connectivity index (χ0) is 14.2. The van der Waals surface area contributed by atoms with Crippen LogP contribution in [-0.2, 0) is 0 Å². The monoisotopic (exact) mass is 359 g/mol. The van der Waals surface area contributed by atoms with E-state index >= 15 is 0 Å². The third-order valence-corrected chi connectivity index (χ3v) is 5.97. The summed E-state index contributed by atoms with van der Waals surface area (Å²) >= 11 is 1.86. The van der Waals surface area contributed by atoms with Gasteiger partial charge in [0.15, 0.2) is 0 Å². The van der Waals surface area contributed by atoms with Crippen molar-refractivity contribution in [1.82, 2.24) is 0 Å². The molecule has 2 heterocycles. The summed E-state index contributed by atoms with van der Waals surface area (Å²) in [5.74, 6) is 0. The van der Waals surface area contributed by atoms with Crippen molar-refractivity contribution in [2.75, 3.05) is 5.32 Å². The predicted octanol–water partition coefficient (Wildman–Crippen LogP) is 5.42. The second-order valence-corrected chi connectivity index (χ2v) is 7.21. The third kappa shape index (κ3) is 2.38. The van der Waals surface area contributed by atoms with Crippen molar-refractivity contribution in [2.24, 2.45) is 7.92 Å². The maximum absolute atomic E-state index is 4.53. The van der Waals surface area contributed by atoms with Crippen molar-refractivity contribution in [3.63, 3.8) is 0 Å². The second-order valence-electron chi connectivity index (χ2n) is 4.99. The molecule has 1 aliphatic rings. The first kappa shape index (κ1) is 13.0. The van der Waals surface area contributed by atoms with Crippen LogP contribution in [0.15, 0.2) is 56.5 Å². The molecule has 3 aromatic rings. The van der Waals surface area contributed by atoms with Gasteiger partial charge in [-0.25, -0.2) is 0 Å². The molecule has 0 aliphatic carbocycles. The van der Waals surface area contributed by atoms with Gasteiger partial charge in [-0.05, 0) is 0 Å². The normalized spacial score (nSPS) is 14.0. The van der Waals surface area contributed by atoms with E-state index < -0.39 is 0 Å². The van der Waals surface area contributed by atoms with Crippen LogP contribution in [0.1, 0.15) is 17.8 Å². The van der Waals surface area contributed by atoms with E-state index in [1.165, 1.54) is 15.0 Å². The number of nitrogens with one attached hydrogen (secondary N) is 1. The number of hydrogen-bond acceptors (Lipinski definition) is 4. The van der Waals surface area contributed by atoms with E-state index in [1.54, 1.807) is 0 Å². The quantitative estimate of drug-likeness (QED) is 0.488. The first-order chi connectivity index (χ1) is 10.3. The molecule has 0 bridgehead atoms. The van der Waals surface area contributed by atoms with E-state index in [9.17, 15) is 0 Å². The van der Waals surface area contributed by atoms with Crippen LogP contribution in [0.5, 0.6) is 0 Å². The SMILES string of the molecule is CC(Nc1cccc2c1N=[Se]=N2)c1cc2ccccc2s1. The molecule has 3 nitrogen and oxygen atoms in total. The molecular formula is C16H13N3SSe. The van der Waals surface area contributed by atoms with Crippen LogP contribution in [0.3, 0.4) is 0 Å². The van der Waals surface area contributed by atoms with Crippen LogP contribution >= 0.6 is 11.3 Å². The molecule has 0 saturated carbocycles. The van der Waals surface area contributed by atoms with Crippen LogP contribution in [0.4, 0.5) is 17.1 Å². The van der Waals surface area contributed by atoms with Gasteiger partial charge in [0.2, 0.25) is 0 Å². The summed E-state index contributed by atoms with van der Waals surface area (Å²) in [6, 6.07) is 17.2. The van der Waals surface area contributed by atoms with Gasteiger partial charge in [0, 0.05) is 0 Å². The fourth-order valence-electron chi connectivity index (χ4n) is 2.44.